The number of carbonyl (C=O) groups is 1. The molecular weight excluding hydrogens is 384 g/mol. The van der Waals surface area contributed by atoms with Crippen molar-refractivity contribution in [3.63, 3.8) is 0 Å². The number of aryl methyl sites for hydroxylation is 1. The molecule has 5 atom stereocenters. The lowest BCUT2D eigenvalue weighted by atomic mass is 9.84. The predicted molar refractivity (Wildman–Crippen MR) is 114 cm³/mol. The number of hydrogen-bond acceptors (Lipinski definition) is 5. The van der Waals surface area contributed by atoms with Gasteiger partial charge in [0, 0.05) is 35.8 Å². The molecule has 1 saturated carbocycles. The third-order valence-corrected chi connectivity index (χ3v) is 6.62. The summed E-state index contributed by atoms with van der Waals surface area (Å²) in [5, 5.41) is 30.7. The highest BCUT2D eigenvalue weighted by Crippen LogP contribution is 2.44. The minimum absolute atomic E-state index is 0.110. The molecule has 166 valence electrons. The van der Waals surface area contributed by atoms with Crippen molar-refractivity contribution in [1.29, 1.82) is 0 Å². The number of hydrogen-bond donors (Lipinski definition) is 3. The Morgan fingerprint density at radius 2 is 2.13 bits per heavy atom. The molecule has 0 aromatic heterocycles. The average molecular weight is 419 g/mol. The Morgan fingerprint density at radius 1 is 1.40 bits per heavy atom. The van der Waals surface area contributed by atoms with E-state index in [-0.39, 0.29) is 23.5 Å². The Balaban J connectivity index is 1.77. The molecule has 0 radical (unpaired) electrons. The minimum Gasteiger partial charge on any atom is -0.489 e. The van der Waals surface area contributed by atoms with Crippen molar-refractivity contribution in [1.82, 2.24) is 0 Å². The van der Waals surface area contributed by atoms with Crippen molar-refractivity contribution in [2.45, 2.75) is 65.3 Å². The van der Waals surface area contributed by atoms with Gasteiger partial charge in [-0.05, 0) is 38.3 Å². The van der Waals surface area contributed by atoms with Gasteiger partial charge in [-0.1, -0.05) is 32.1 Å². The molecule has 6 nitrogen and oxygen atoms in total. The fraction of sp³-hybridized carbons (Fsp3) is 0.625. The summed E-state index contributed by atoms with van der Waals surface area (Å²) in [6.45, 7) is 8.68. The van der Waals surface area contributed by atoms with Crippen LogP contribution in [0.1, 0.15) is 55.1 Å². The first-order valence-corrected chi connectivity index (χ1v) is 10.8. The van der Waals surface area contributed by atoms with Crippen LogP contribution in [0.25, 0.3) is 0 Å². The number of benzene rings is 1. The zero-order chi connectivity index (χ0) is 22.1. The zero-order valence-corrected chi connectivity index (χ0v) is 18.3. The van der Waals surface area contributed by atoms with Crippen LogP contribution in [0.2, 0.25) is 0 Å². The van der Waals surface area contributed by atoms with Crippen LogP contribution in [-0.4, -0.2) is 52.8 Å². The Labute approximate surface area is 178 Å². The minimum atomic E-state index is -0.962. The van der Waals surface area contributed by atoms with E-state index in [1.165, 1.54) is 0 Å². The van der Waals surface area contributed by atoms with Crippen molar-refractivity contribution < 1.29 is 29.6 Å². The second kappa shape index (κ2) is 9.08. The fourth-order valence-corrected chi connectivity index (χ4v) is 4.65. The average Bonchev–Trinajstić information content (AvgIpc) is 2.86. The van der Waals surface area contributed by atoms with E-state index in [2.05, 4.69) is 0 Å². The van der Waals surface area contributed by atoms with Gasteiger partial charge in [0.25, 0.3) is 0 Å². The van der Waals surface area contributed by atoms with Crippen molar-refractivity contribution in [2.75, 3.05) is 13.2 Å². The number of fused-ring (bicyclic) bond motifs is 2. The number of ether oxygens (including phenoxy) is 2. The Bertz CT molecular complexity index is 799. The zero-order valence-electron chi connectivity index (χ0n) is 18.3. The van der Waals surface area contributed by atoms with E-state index in [4.69, 9.17) is 9.47 Å². The number of aliphatic hydroxyl groups is 2. The summed E-state index contributed by atoms with van der Waals surface area (Å²) in [7, 11) is 0. The van der Waals surface area contributed by atoms with Crippen LogP contribution in [0.15, 0.2) is 24.3 Å². The molecule has 1 aliphatic carbocycles. The van der Waals surface area contributed by atoms with Crippen LogP contribution in [0.3, 0.4) is 0 Å². The molecule has 6 heteroatoms. The highest BCUT2D eigenvalue weighted by atomic mass is 16.5. The molecule has 3 rings (SSSR count). The predicted octanol–water partition coefficient (Wildman–Crippen LogP) is 3.36. The highest BCUT2D eigenvalue weighted by molar-refractivity contribution is 5.90. The molecule has 1 heterocycles. The van der Waals surface area contributed by atoms with Crippen molar-refractivity contribution in [3.05, 3.63) is 41.0 Å². The van der Waals surface area contributed by atoms with Gasteiger partial charge in [0.05, 0.1) is 24.4 Å². The first-order chi connectivity index (χ1) is 14.2. The number of rotatable bonds is 7. The van der Waals surface area contributed by atoms with E-state index in [1.54, 1.807) is 19.1 Å². The van der Waals surface area contributed by atoms with E-state index in [0.717, 1.165) is 18.4 Å². The fourth-order valence-electron chi connectivity index (χ4n) is 4.65. The van der Waals surface area contributed by atoms with Gasteiger partial charge in [-0.15, -0.1) is 0 Å². The maximum Gasteiger partial charge on any atom is 0.336 e. The Hall–Kier alpha value is -1.89. The maximum atomic E-state index is 11.5. The second-order valence-corrected chi connectivity index (χ2v) is 9.23. The summed E-state index contributed by atoms with van der Waals surface area (Å²) in [6, 6.07) is 3.48. The van der Waals surface area contributed by atoms with Crippen LogP contribution >= 0.6 is 0 Å². The lowest BCUT2D eigenvalue weighted by molar-refractivity contribution is 0.00159. The first kappa shape index (κ1) is 22.8. The third-order valence-electron chi connectivity index (χ3n) is 6.62. The van der Waals surface area contributed by atoms with Crippen LogP contribution in [0.5, 0.6) is 5.75 Å². The standard InChI is InChI=1S/C24H34O6/c1-5-29-13-24(3,4)21(26)11-10-17-18-9-7-15-6-8-16(23(27)28)14(2)22(15)30-20(18)12-19(17)25/h6,8,10-11,17-21,25-26H,5,7,9,12-13H2,1-4H3,(H,27,28)/b11-10+/t17-,18-,19-,20+,21?/m1/s1. The van der Waals surface area contributed by atoms with E-state index in [0.29, 0.717) is 30.9 Å². The van der Waals surface area contributed by atoms with Crippen LogP contribution in [-0.2, 0) is 11.2 Å². The molecular formula is C24H34O6. The van der Waals surface area contributed by atoms with E-state index < -0.39 is 23.6 Å². The van der Waals surface area contributed by atoms with Crippen molar-refractivity contribution >= 4 is 5.97 Å². The number of carboxylic acids is 1. The second-order valence-electron chi connectivity index (χ2n) is 9.23. The molecule has 0 spiro atoms. The monoisotopic (exact) mass is 418 g/mol. The molecule has 2 aliphatic rings. The van der Waals surface area contributed by atoms with Gasteiger partial charge in [-0.2, -0.15) is 0 Å². The smallest absolute Gasteiger partial charge is 0.336 e. The summed E-state index contributed by atoms with van der Waals surface area (Å²) in [5.74, 6) is -0.313. The van der Waals surface area contributed by atoms with Gasteiger partial charge in [0.15, 0.2) is 0 Å². The van der Waals surface area contributed by atoms with Crippen molar-refractivity contribution in [2.24, 2.45) is 17.3 Å². The highest BCUT2D eigenvalue weighted by Gasteiger charge is 2.44. The molecule has 1 aliphatic heterocycles. The SMILES string of the molecule is CCOCC(C)(C)C(O)/C=C/[C@@H]1[C@H]2CCc3ccc(C(=O)O)c(C)c3O[C@H]2C[C@H]1O. The molecule has 30 heavy (non-hydrogen) atoms. The van der Waals surface area contributed by atoms with Gasteiger partial charge in [0.2, 0.25) is 0 Å². The van der Waals surface area contributed by atoms with Gasteiger partial charge in [0.1, 0.15) is 11.9 Å². The maximum absolute atomic E-state index is 11.5. The molecule has 1 unspecified atom stereocenters. The van der Waals surface area contributed by atoms with Gasteiger partial charge < -0.3 is 24.8 Å². The number of carboxylic acid groups (broad SMARTS) is 1. The number of aliphatic hydroxyl groups excluding tert-OH is 2. The molecule has 1 aromatic rings. The molecule has 3 N–H and O–H groups in total. The number of aromatic carboxylic acids is 1. The third kappa shape index (κ3) is 4.56. The molecule has 1 aromatic carbocycles. The summed E-state index contributed by atoms with van der Waals surface area (Å²) in [4.78, 5) is 11.5. The van der Waals surface area contributed by atoms with Crippen molar-refractivity contribution in [3.8, 4) is 5.75 Å². The van der Waals surface area contributed by atoms with E-state index >= 15 is 0 Å². The molecule has 0 saturated heterocycles. The summed E-state index contributed by atoms with van der Waals surface area (Å²) in [6.07, 6.45) is 4.41. The Morgan fingerprint density at radius 3 is 2.80 bits per heavy atom. The van der Waals surface area contributed by atoms with Gasteiger partial charge >= 0.3 is 5.97 Å². The van der Waals surface area contributed by atoms with Gasteiger partial charge in [-0.25, -0.2) is 4.79 Å². The Kier molecular flexibility index (Phi) is 6.90. The quantitative estimate of drug-likeness (QED) is 0.588. The normalized spacial score (nSPS) is 27.3. The van der Waals surface area contributed by atoms with E-state index in [9.17, 15) is 20.1 Å². The van der Waals surface area contributed by atoms with Crippen LogP contribution in [0, 0.1) is 24.2 Å². The lowest BCUT2D eigenvalue weighted by Gasteiger charge is -2.29. The molecule has 0 bridgehead atoms. The van der Waals surface area contributed by atoms with E-state index in [1.807, 2.05) is 32.9 Å². The van der Waals surface area contributed by atoms with Crippen LogP contribution in [0.4, 0.5) is 0 Å². The first-order valence-electron chi connectivity index (χ1n) is 10.8. The summed E-state index contributed by atoms with van der Waals surface area (Å²) in [5.41, 5.74) is 1.49. The summed E-state index contributed by atoms with van der Waals surface area (Å²) < 4.78 is 11.8. The summed E-state index contributed by atoms with van der Waals surface area (Å²) >= 11 is 0. The molecule has 1 fully saturated rings. The van der Waals surface area contributed by atoms with Gasteiger partial charge in [-0.3, -0.25) is 0 Å². The topological polar surface area (TPSA) is 96.2 Å². The van der Waals surface area contributed by atoms with Crippen LogP contribution < -0.4 is 4.74 Å². The lowest BCUT2D eigenvalue weighted by Crippen LogP contribution is -2.33. The molecule has 0 amide bonds. The largest absolute Gasteiger partial charge is 0.489 e.